The number of carbonyl (C=O) groups is 1. The number of anilines is 2. The third kappa shape index (κ3) is 2.61. The Labute approximate surface area is 161 Å². The van der Waals surface area contributed by atoms with Gasteiger partial charge in [-0.2, -0.15) is 0 Å². The monoisotopic (exact) mass is 377 g/mol. The molecule has 1 spiro atoms. The van der Waals surface area contributed by atoms with Gasteiger partial charge in [0.1, 0.15) is 10.8 Å². The molecular formula is C20H19N5OS. The van der Waals surface area contributed by atoms with E-state index in [9.17, 15) is 4.79 Å². The van der Waals surface area contributed by atoms with Gasteiger partial charge in [0.2, 0.25) is 5.91 Å². The third-order valence-corrected chi connectivity index (χ3v) is 6.40. The van der Waals surface area contributed by atoms with E-state index >= 15 is 0 Å². The summed E-state index contributed by atoms with van der Waals surface area (Å²) in [5.74, 6) is 1.09. The predicted octanol–water partition coefficient (Wildman–Crippen LogP) is 3.02. The predicted molar refractivity (Wildman–Crippen MR) is 105 cm³/mol. The lowest BCUT2D eigenvalue weighted by atomic mass is 9.73. The summed E-state index contributed by atoms with van der Waals surface area (Å²) < 4.78 is 0. The maximum absolute atomic E-state index is 13.6. The molecule has 3 aromatic rings. The lowest BCUT2D eigenvalue weighted by molar-refractivity contribution is -0.124. The van der Waals surface area contributed by atoms with Crippen LogP contribution in [0.25, 0.3) is 0 Å². The molecule has 5 rings (SSSR count). The molecule has 0 saturated carbocycles. The Morgan fingerprint density at radius 3 is 2.67 bits per heavy atom. The van der Waals surface area contributed by atoms with Gasteiger partial charge in [-0.1, -0.05) is 18.2 Å². The average molecular weight is 377 g/mol. The highest BCUT2D eigenvalue weighted by molar-refractivity contribution is 7.09. The average Bonchev–Trinajstić information content (AvgIpc) is 3.32. The number of hydrogen-bond acceptors (Lipinski definition) is 6. The van der Waals surface area contributed by atoms with Crippen molar-refractivity contribution in [3.05, 3.63) is 65.0 Å². The van der Waals surface area contributed by atoms with Gasteiger partial charge in [-0.3, -0.25) is 9.78 Å². The van der Waals surface area contributed by atoms with Gasteiger partial charge in [-0.15, -0.1) is 11.3 Å². The van der Waals surface area contributed by atoms with Crippen LogP contribution in [0, 0.1) is 0 Å². The summed E-state index contributed by atoms with van der Waals surface area (Å²) in [5.41, 5.74) is 1.75. The maximum atomic E-state index is 13.6. The number of thiazole rings is 1. The van der Waals surface area contributed by atoms with Crippen molar-refractivity contribution in [2.75, 3.05) is 22.9 Å². The molecule has 0 atom stereocenters. The van der Waals surface area contributed by atoms with Crippen molar-refractivity contribution >= 4 is 28.7 Å². The highest BCUT2D eigenvalue weighted by Crippen LogP contribution is 2.48. The Balaban J connectivity index is 1.45. The third-order valence-electron chi connectivity index (χ3n) is 5.63. The topological polar surface area (TPSA) is 62.2 Å². The maximum Gasteiger partial charge on any atom is 0.238 e. The molecular weight excluding hydrogens is 358 g/mol. The number of amides is 1. The van der Waals surface area contributed by atoms with Crippen LogP contribution in [0.4, 0.5) is 11.5 Å². The number of nitrogens with zero attached hydrogens (tertiary/aromatic N) is 5. The van der Waals surface area contributed by atoms with Crippen LogP contribution in [0.15, 0.2) is 54.4 Å². The summed E-state index contributed by atoms with van der Waals surface area (Å²) >= 11 is 1.59. The molecule has 0 radical (unpaired) electrons. The van der Waals surface area contributed by atoms with Crippen LogP contribution in [0.5, 0.6) is 0 Å². The highest BCUT2D eigenvalue weighted by Gasteiger charge is 2.52. The molecule has 0 bridgehead atoms. The van der Waals surface area contributed by atoms with Crippen LogP contribution >= 0.6 is 11.3 Å². The van der Waals surface area contributed by atoms with Crippen LogP contribution < -0.4 is 9.80 Å². The standard InChI is InChI=1S/C20H19N5OS/c26-19-20(5-10-24(11-6-20)17-13-21-7-8-22-17)15-3-1-2-4-16(15)25(19)14-18-23-9-12-27-18/h1-4,7-9,12-13H,5-6,10-11,14H2. The van der Waals surface area contributed by atoms with Crippen LogP contribution in [0.1, 0.15) is 23.4 Å². The number of piperidine rings is 1. The second kappa shape index (κ2) is 6.42. The first-order valence-electron chi connectivity index (χ1n) is 9.09. The van der Waals surface area contributed by atoms with Crippen LogP contribution in [0.3, 0.4) is 0 Å². The Morgan fingerprint density at radius 2 is 1.93 bits per heavy atom. The summed E-state index contributed by atoms with van der Waals surface area (Å²) in [5, 5.41) is 2.92. The molecule has 1 amide bonds. The molecule has 0 unspecified atom stereocenters. The van der Waals surface area contributed by atoms with Crippen LogP contribution in [-0.2, 0) is 16.8 Å². The zero-order valence-electron chi connectivity index (χ0n) is 14.8. The minimum atomic E-state index is -0.438. The molecule has 1 aromatic carbocycles. The van der Waals surface area contributed by atoms with Gasteiger partial charge in [0, 0.05) is 42.7 Å². The fourth-order valence-corrected chi connectivity index (χ4v) is 4.88. The van der Waals surface area contributed by atoms with E-state index in [4.69, 9.17) is 0 Å². The first-order chi connectivity index (χ1) is 13.3. The van der Waals surface area contributed by atoms with E-state index in [2.05, 4.69) is 32.0 Å². The molecule has 1 fully saturated rings. The van der Waals surface area contributed by atoms with E-state index in [-0.39, 0.29) is 5.91 Å². The van der Waals surface area contributed by atoms with Crippen molar-refractivity contribution in [1.29, 1.82) is 0 Å². The molecule has 2 aliphatic heterocycles. The summed E-state index contributed by atoms with van der Waals surface area (Å²) in [6.45, 7) is 2.14. The Bertz CT molecular complexity index is 952. The van der Waals surface area contributed by atoms with E-state index in [1.807, 2.05) is 22.4 Å². The van der Waals surface area contributed by atoms with Gasteiger partial charge in [0.15, 0.2) is 0 Å². The molecule has 2 aliphatic rings. The minimum Gasteiger partial charge on any atom is -0.355 e. The fourth-order valence-electron chi connectivity index (χ4n) is 4.28. The number of hydrogen-bond donors (Lipinski definition) is 0. The lowest BCUT2D eigenvalue weighted by Crippen LogP contribution is -2.48. The molecule has 7 heteroatoms. The number of rotatable bonds is 3. The number of carbonyl (C=O) groups excluding carboxylic acids is 1. The zero-order chi connectivity index (χ0) is 18.3. The molecule has 6 nitrogen and oxygen atoms in total. The van der Waals surface area contributed by atoms with Crippen molar-refractivity contribution in [2.45, 2.75) is 24.8 Å². The molecule has 27 heavy (non-hydrogen) atoms. The highest BCUT2D eigenvalue weighted by atomic mass is 32.1. The molecule has 1 saturated heterocycles. The van der Waals surface area contributed by atoms with Crippen molar-refractivity contribution in [1.82, 2.24) is 15.0 Å². The van der Waals surface area contributed by atoms with Gasteiger partial charge >= 0.3 is 0 Å². The Hall–Kier alpha value is -2.80. The Morgan fingerprint density at radius 1 is 1.07 bits per heavy atom. The normalized spacial score (nSPS) is 18.1. The minimum absolute atomic E-state index is 0.206. The van der Waals surface area contributed by atoms with Crippen molar-refractivity contribution < 1.29 is 4.79 Å². The zero-order valence-corrected chi connectivity index (χ0v) is 15.6. The smallest absolute Gasteiger partial charge is 0.238 e. The number of para-hydroxylation sites is 1. The molecule has 136 valence electrons. The van der Waals surface area contributed by atoms with Crippen molar-refractivity contribution in [3.63, 3.8) is 0 Å². The number of aromatic nitrogens is 3. The molecule has 0 N–H and O–H groups in total. The Kier molecular flexibility index (Phi) is 3.89. The van der Waals surface area contributed by atoms with Gasteiger partial charge in [0.05, 0.1) is 18.2 Å². The van der Waals surface area contributed by atoms with Crippen molar-refractivity contribution in [2.24, 2.45) is 0 Å². The van der Waals surface area contributed by atoms with E-state index in [1.165, 1.54) is 0 Å². The lowest BCUT2D eigenvalue weighted by Gasteiger charge is -2.38. The first kappa shape index (κ1) is 16.4. The van der Waals surface area contributed by atoms with E-state index < -0.39 is 5.41 Å². The van der Waals surface area contributed by atoms with Gasteiger partial charge in [0.25, 0.3) is 0 Å². The second-order valence-electron chi connectivity index (χ2n) is 6.97. The number of benzene rings is 1. The quantitative estimate of drug-likeness (QED) is 0.702. The van der Waals surface area contributed by atoms with Crippen LogP contribution in [-0.4, -0.2) is 33.9 Å². The summed E-state index contributed by atoms with van der Waals surface area (Å²) in [6.07, 6.45) is 8.55. The number of fused-ring (bicyclic) bond motifs is 2. The second-order valence-corrected chi connectivity index (χ2v) is 7.95. The van der Waals surface area contributed by atoms with Crippen molar-refractivity contribution in [3.8, 4) is 0 Å². The first-order valence-corrected chi connectivity index (χ1v) is 9.97. The van der Waals surface area contributed by atoms with E-state index in [0.717, 1.165) is 48.0 Å². The largest absolute Gasteiger partial charge is 0.355 e. The van der Waals surface area contributed by atoms with Crippen LogP contribution in [0.2, 0.25) is 0 Å². The summed E-state index contributed by atoms with van der Waals surface area (Å²) in [6, 6.07) is 8.22. The molecule has 0 aliphatic carbocycles. The molecule has 2 aromatic heterocycles. The summed E-state index contributed by atoms with van der Waals surface area (Å²) in [7, 11) is 0. The van der Waals surface area contributed by atoms with E-state index in [1.54, 1.807) is 36.1 Å². The fraction of sp³-hybridized carbons (Fsp3) is 0.300. The van der Waals surface area contributed by atoms with Gasteiger partial charge < -0.3 is 9.80 Å². The van der Waals surface area contributed by atoms with Gasteiger partial charge in [-0.25, -0.2) is 9.97 Å². The summed E-state index contributed by atoms with van der Waals surface area (Å²) in [4.78, 5) is 30.7. The van der Waals surface area contributed by atoms with Gasteiger partial charge in [-0.05, 0) is 24.5 Å². The molecule has 4 heterocycles. The van der Waals surface area contributed by atoms with E-state index in [0.29, 0.717) is 6.54 Å². The SMILES string of the molecule is O=C1N(Cc2nccs2)c2ccccc2C12CCN(c1cnccn1)CC2.